The molecule has 1 amide bonds. The molecule has 1 N–H and O–H groups in total. The van der Waals surface area contributed by atoms with Gasteiger partial charge in [-0.05, 0) is 29.3 Å². The molecule has 25 heavy (non-hydrogen) atoms. The molecule has 0 aromatic heterocycles. The largest absolute Gasteiger partial charge is 0.326 e. The molecule has 1 atom stereocenters. The minimum Gasteiger partial charge on any atom is -0.326 e. The quantitative estimate of drug-likeness (QED) is 0.725. The number of benzene rings is 3. The number of carbonyl (C=O) groups excluding carboxylic acids is 2. The second-order valence-electron chi connectivity index (χ2n) is 6.21. The lowest BCUT2D eigenvalue weighted by atomic mass is 9.83. The predicted molar refractivity (Wildman–Crippen MR) is 97.8 cm³/mol. The fourth-order valence-electron chi connectivity index (χ4n) is 3.34. The molecule has 1 aliphatic heterocycles. The summed E-state index contributed by atoms with van der Waals surface area (Å²) in [6, 6.07) is 24.7. The highest BCUT2D eigenvalue weighted by molar-refractivity contribution is 6.09. The molecular formula is C22H17NO2. The van der Waals surface area contributed by atoms with Gasteiger partial charge in [0.25, 0.3) is 0 Å². The van der Waals surface area contributed by atoms with Crippen LogP contribution in [0, 0.1) is 0 Å². The molecule has 1 heterocycles. The van der Waals surface area contributed by atoms with E-state index in [2.05, 4.69) is 5.32 Å². The van der Waals surface area contributed by atoms with Crippen LogP contribution in [0.25, 0.3) is 0 Å². The van der Waals surface area contributed by atoms with Gasteiger partial charge in [-0.1, -0.05) is 60.7 Å². The number of carbonyl (C=O) groups is 2. The Kier molecular flexibility index (Phi) is 3.90. The van der Waals surface area contributed by atoms with E-state index in [1.54, 1.807) is 6.07 Å². The molecule has 4 rings (SSSR count). The van der Waals surface area contributed by atoms with Gasteiger partial charge in [-0.25, -0.2) is 0 Å². The first-order valence-corrected chi connectivity index (χ1v) is 8.31. The molecule has 3 aromatic rings. The van der Waals surface area contributed by atoms with Gasteiger partial charge in [0, 0.05) is 29.2 Å². The van der Waals surface area contributed by atoms with E-state index in [1.807, 2.05) is 72.8 Å². The molecule has 0 fully saturated rings. The lowest BCUT2D eigenvalue weighted by Crippen LogP contribution is -2.24. The lowest BCUT2D eigenvalue weighted by molar-refractivity contribution is -0.116. The molecule has 1 unspecified atom stereocenters. The van der Waals surface area contributed by atoms with Gasteiger partial charge in [-0.15, -0.1) is 0 Å². The highest BCUT2D eigenvalue weighted by atomic mass is 16.1. The standard InChI is InChI=1S/C22H17NO2/c24-21-14-18(15-7-3-1-4-8-15)19-13-17(11-12-20(19)23-21)22(25)16-9-5-2-6-10-16/h1-13,18H,14H2,(H,23,24). The zero-order chi connectivity index (χ0) is 17.2. The minimum atomic E-state index is -0.0338. The lowest BCUT2D eigenvalue weighted by Gasteiger charge is -2.26. The molecule has 3 aromatic carbocycles. The highest BCUT2D eigenvalue weighted by Crippen LogP contribution is 2.37. The van der Waals surface area contributed by atoms with Crippen molar-refractivity contribution in [3.8, 4) is 0 Å². The SMILES string of the molecule is O=C1CC(c2ccccc2)c2cc(C(=O)c3ccccc3)ccc2N1. The van der Waals surface area contributed by atoms with Gasteiger partial charge in [-0.2, -0.15) is 0 Å². The first kappa shape index (κ1) is 15.3. The topological polar surface area (TPSA) is 46.2 Å². The van der Waals surface area contributed by atoms with E-state index < -0.39 is 0 Å². The number of rotatable bonds is 3. The molecule has 0 aliphatic carbocycles. The van der Waals surface area contributed by atoms with Crippen LogP contribution < -0.4 is 5.32 Å². The molecule has 0 saturated carbocycles. The Morgan fingerprint density at radius 1 is 0.840 bits per heavy atom. The fraction of sp³-hybridized carbons (Fsp3) is 0.0909. The molecule has 0 bridgehead atoms. The van der Waals surface area contributed by atoms with Crippen molar-refractivity contribution in [2.24, 2.45) is 0 Å². The monoisotopic (exact) mass is 327 g/mol. The van der Waals surface area contributed by atoms with Crippen LogP contribution >= 0.6 is 0 Å². The van der Waals surface area contributed by atoms with Gasteiger partial charge in [-0.3, -0.25) is 9.59 Å². The van der Waals surface area contributed by atoms with E-state index in [1.165, 1.54) is 0 Å². The average molecular weight is 327 g/mol. The first-order valence-electron chi connectivity index (χ1n) is 8.31. The summed E-state index contributed by atoms with van der Waals surface area (Å²) in [6.07, 6.45) is 0.389. The zero-order valence-corrected chi connectivity index (χ0v) is 13.6. The number of anilines is 1. The van der Waals surface area contributed by atoms with Gasteiger partial charge in [0.15, 0.2) is 5.78 Å². The number of fused-ring (bicyclic) bond motifs is 1. The Morgan fingerprint density at radius 3 is 2.24 bits per heavy atom. The van der Waals surface area contributed by atoms with Crippen molar-refractivity contribution in [3.63, 3.8) is 0 Å². The fourth-order valence-corrected chi connectivity index (χ4v) is 3.34. The van der Waals surface area contributed by atoms with E-state index >= 15 is 0 Å². The van der Waals surface area contributed by atoms with Crippen LogP contribution in [-0.2, 0) is 4.79 Å². The van der Waals surface area contributed by atoms with Crippen LogP contribution in [0.4, 0.5) is 5.69 Å². The second-order valence-corrected chi connectivity index (χ2v) is 6.21. The maximum absolute atomic E-state index is 12.8. The summed E-state index contributed by atoms with van der Waals surface area (Å²) in [6.45, 7) is 0. The van der Waals surface area contributed by atoms with Crippen LogP contribution in [0.1, 0.15) is 39.4 Å². The minimum absolute atomic E-state index is 0.00323. The smallest absolute Gasteiger partial charge is 0.225 e. The number of ketones is 1. The average Bonchev–Trinajstić information content (AvgIpc) is 2.68. The third kappa shape index (κ3) is 2.96. The molecule has 0 spiro atoms. The van der Waals surface area contributed by atoms with Gasteiger partial charge >= 0.3 is 0 Å². The zero-order valence-electron chi connectivity index (χ0n) is 13.6. The summed E-state index contributed by atoms with van der Waals surface area (Å²) in [5, 5.41) is 2.92. The second kappa shape index (κ2) is 6.36. The van der Waals surface area contributed by atoms with Gasteiger partial charge in [0.1, 0.15) is 0 Å². The maximum atomic E-state index is 12.8. The van der Waals surface area contributed by atoms with Crippen LogP contribution in [0.15, 0.2) is 78.9 Å². The van der Waals surface area contributed by atoms with Crippen LogP contribution in [-0.4, -0.2) is 11.7 Å². The van der Waals surface area contributed by atoms with E-state index in [0.29, 0.717) is 17.5 Å². The highest BCUT2D eigenvalue weighted by Gasteiger charge is 2.27. The molecule has 1 aliphatic rings. The van der Waals surface area contributed by atoms with Crippen molar-refractivity contribution in [2.75, 3.05) is 5.32 Å². The molecule has 3 nitrogen and oxygen atoms in total. The van der Waals surface area contributed by atoms with Crippen LogP contribution in [0.3, 0.4) is 0 Å². The molecular weight excluding hydrogens is 310 g/mol. The van der Waals surface area contributed by atoms with Crippen molar-refractivity contribution in [1.82, 2.24) is 0 Å². The normalized spacial score (nSPS) is 16.0. The molecule has 0 saturated heterocycles. The van der Waals surface area contributed by atoms with Crippen molar-refractivity contribution in [1.29, 1.82) is 0 Å². The van der Waals surface area contributed by atoms with Gasteiger partial charge in [0.05, 0.1) is 0 Å². The Hall–Kier alpha value is -3.20. The Balaban J connectivity index is 1.78. The predicted octanol–water partition coefficient (Wildman–Crippen LogP) is 4.39. The van der Waals surface area contributed by atoms with Crippen molar-refractivity contribution in [3.05, 3.63) is 101 Å². The van der Waals surface area contributed by atoms with Gasteiger partial charge in [0.2, 0.25) is 5.91 Å². The number of hydrogen-bond donors (Lipinski definition) is 1. The van der Waals surface area contributed by atoms with E-state index in [0.717, 1.165) is 16.8 Å². The molecule has 122 valence electrons. The summed E-state index contributed by atoms with van der Waals surface area (Å²) in [5.41, 5.74) is 4.17. The Labute approximate surface area is 146 Å². The van der Waals surface area contributed by atoms with Crippen molar-refractivity contribution < 1.29 is 9.59 Å². The Morgan fingerprint density at radius 2 is 1.52 bits per heavy atom. The number of amides is 1. The summed E-state index contributed by atoms with van der Waals surface area (Å²) < 4.78 is 0. The van der Waals surface area contributed by atoms with E-state index in [9.17, 15) is 9.59 Å². The third-order valence-corrected chi connectivity index (χ3v) is 4.59. The summed E-state index contributed by atoms with van der Waals surface area (Å²) in [4.78, 5) is 24.8. The van der Waals surface area contributed by atoms with Gasteiger partial charge < -0.3 is 5.32 Å². The molecule has 0 radical (unpaired) electrons. The molecule has 3 heteroatoms. The van der Waals surface area contributed by atoms with Crippen molar-refractivity contribution >= 4 is 17.4 Å². The third-order valence-electron chi connectivity index (χ3n) is 4.59. The summed E-state index contributed by atoms with van der Waals surface area (Å²) >= 11 is 0. The first-order chi connectivity index (χ1) is 12.2. The van der Waals surface area contributed by atoms with E-state index in [-0.39, 0.29) is 17.6 Å². The maximum Gasteiger partial charge on any atom is 0.225 e. The van der Waals surface area contributed by atoms with Crippen LogP contribution in [0.2, 0.25) is 0 Å². The number of nitrogens with one attached hydrogen (secondary N) is 1. The summed E-state index contributed by atoms with van der Waals surface area (Å²) in [7, 11) is 0. The van der Waals surface area contributed by atoms with Crippen molar-refractivity contribution in [2.45, 2.75) is 12.3 Å². The van der Waals surface area contributed by atoms with E-state index in [4.69, 9.17) is 0 Å². The summed E-state index contributed by atoms with van der Waals surface area (Å²) in [5.74, 6) is -0.0379. The Bertz CT molecular complexity index is 933. The number of hydrogen-bond acceptors (Lipinski definition) is 2. The van der Waals surface area contributed by atoms with Crippen LogP contribution in [0.5, 0.6) is 0 Å².